The fourth-order valence-electron chi connectivity index (χ4n) is 5.26. The van der Waals surface area contributed by atoms with Gasteiger partial charge in [0.15, 0.2) is 0 Å². The molecule has 2 amide bonds. The summed E-state index contributed by atoms with van der Waals surface area (Å²) in [4.78, 5) is 36.8. The number of amides is 2. The average molecular weight is 497 g/mol. The van der Waals surface area contributed by atoms with Crippen molar-refractivity contribution in [1.82, 2.24) is 10.6 Å². The molecule has 186 valence electrons. The van der Waals surface area contributed by atoms with Crippen molar-refractivity contribution in [3.8, 4) is 11.1 Å². The Balaban J connectivity index is 1.29. The molecule has 2 aromatic rings. The normalized spacial score (nSPS) is 19.5. The summed E-state index contributed by atoms with van der Waals surface area (Å²) in [6.07, 6.45) is 4.17. The molecule has 3 unspecified atom stereocenters. The van der Waals surface area contributed by atoms with Gasteiger partial charge in [0.25, 0.3) is 0 Å². The van der Waals surface area contributed by atoms with Crippen molar-refractivity contribution in [1.29, 1.82) is 0 Å². The third-order valence-corrected chi connectivity index (χ3v) is 7.72. The van der Waals surface area contributed by atoms with Gasteiger partial charge in [0.2, 0.25) is 5.91 Å². The topological polar surface area (TPSA) is 105 Å². The molecule has 2 aromatic carbocycles. The summed E-state index contributed by atoms with van der Waals surface area (Å²) in [6, 6.07) is 15.5. The van der Waals surface area contributed by atoms with Crippen LogP contribution in [0.1, 0.15) is 42.7 Å². The van der Waals surface area contributed by atoms with Gasteiger partial charge >= 0.3 is 12.1 Å². The maximum atomic E-state index is 12.8. The third kappa shape index (κ3) is 5.81. The predicted molar refractivity (Wildman–Crippen MR) is 136 cm³/mol. The van der Waals surface area contributed by atoms with Crippen LogP contribution in [-0.2, 0) is 14.3 Å². The van der Waals surface area contributed by atoms with Crippen LogP contribution in [0.2, 0.25) is 0 Å². The van der Waals surface area contributed by atoms with Gasteiger partial charge in [-0.3, -0.25) is 4.79 Å². The summed E-state index contributed by atoms with van der Waals surface area (Å²) in [7, 11) is 0. The van der Waals surface area contributed by atoms with Gasteiger partial charge < -0.3 is 20.5 Å². The first-order valence-electron chi connectivity index (χ1n) is 12.1. The Morgan fingerprint density at radius 1 is 1.06 bits per heavy atom. The lowest BCUT2D eigenvalue weighted by Gasteiger charge is -2.22. The Morgan fingerprint density at radius 3 is 2.34 bits per heavy atom. The molecule has 0 aliphatic heterocycles. The van der Waals surface area contributed by atoms with Crippen molar-refractivity contribution in [2.24, 2.45) is 11.8 Å². The van der Waals surface area contributed by atoms with Crippen LogP contribution < -0.4 is 10.6 Å². The molecule has 7 nitrogen and oxygen atoms in total. The quantitative estimate of drug-likeness (QED) is 0.454. The molecular formula is C27H32N2O5S. The van der Waals surface area contributed by atoms with Crippen molar-refractivity contribution in [3.05, 3.63) is 59.7 Å². The number of fused-ring (bicyclic) bond motifs is 3. The molecule has 2 aliphatic rings. The lowest BCUT2D eigenvalue weighted by Crippen LogP contribution is -2.46. The first-order valence-corrected chi connectivity index (χ1v) is 13.5. The minimum Gasteiger partial charge on any atom is -0.480 e. The van der Waals surface area contributed by atoms with E-state index >= 15 is 0 Å². The van der Waals surface area contributed by atoms with Crippen LogP contribution >= 0.6 is 11.8 Å². The van der Waals surface area contributed by atoms with Gasteiger partial charge in [0.1, 0.15) is 12.6 Å². The van der Waals surface area contributed by atoms with E-state index in [0.29, 0.717) is 25.1 Å². The SMILES string of the molecule is CSCCC(NC(=O)C1CCCC1CNC(=O)OCC1c2ccccc2-c2ccccc21)C(=O)O. The third-order valence-electron chi connectivity index (χ3n) is 7.07. The molecular weight excluding hydrogens is 464 g/mol. The summed E-state index contributed by atoms with van der Waals surface area (Å²) >= 11 is 1.55. The maximum absolute atomic E-state index is 12.8. The van der Waals surface area contributed by atoms with E-state index in [1.165, 1.54) is 11.1 Å². The number of benzene rings is 2. The smallest absolute Gasteiger partial charge is 0.407 e. The maximum Gasteiger partial charge on any atom is 0.407 e. The van der Waals surface area contributed by atoms with Crippen molar-refractivity contribution < 1.29 is 24.2 Å². The molecule has 4 rings (SSSR count). The molecule has 8 heteroatoms. The Kier molecular flexibility index (Phi) is 8.33. The zero-order valence-electron chi connectivity index (χ0n) is 19.9. The van der Waals surface area contributed by atoms with Crippen LogP contribution in [0.25, 0.3) is 11.1 Å². The van der Waals surface area contributed by atoms with Gasteiger partial charge in [-0.1, -0.05) is 55.0 Å². The lowest BCUT2D eigenvalue weighted by atomic mass is 9.94. The van der Waals surface area contributed by atoms with E-state index in [4.69, 9.17) is 4.74 Å². The number of alkyl carbamates (subject to hydrolysis) is 1. The van der Waals surface area contributed by atoms with Crippen molar-refractivity contribution in [2.75, 3.05) is 25.2 Å². The highest BCUT2D eigenvalue weighted by atomic mass is 32.2. The average Bonchev–Trinajstić information content (AvgIpc) is 3.46. The number of nitrogens with one attached hydrogen (secondary N) is 2. The number of ether oxygens (including phenoxy) is 1. The summed E-state index contributed by atoms with van der Waals surface area (Å²) in [5, 5.41) is 14.9. The van der Waals surface area contributed by atoms with Crippen LogP contribution in [-0.4, -0.2) is 54.3 Å². The van der Waals surface area contributed by atoms with Crippen LogP contribution in [0, 0.1) is 11.8 Å². The van der Waals surface area contributed by atoms with Gasteiger partial charge in [0.05, 0.1) is 0 Å². The number of hydrogen-bond donors (Lipinski definition) is 3. The van der Waals surface area contributed by atoms with E-state index in [0.717, 1.165) is 24.0 Å². The highest BCUT2D eigenvalue weighted by molar-refractivity contribution is 7.98. The fraction of sp³-hybridized carbons (Fsp3) is 0.444. The van der Waals surface area contributed by atoms with E-state index < -0.39 is 18.1 Å². The fourth-order valence-corrected chi connectivity index (χ4v) is 5.73. The van der Waals surface area contributed by atoms with Gasteiger partial charge in [-0.2, -0.15) is 11.8 Å². The van der Waals surface area contributed by atoms with Gasteiger partial charge in [-0.25, -0.2) is 9.59 Å². The van der Waals surface area contributed by atoms with Crippen molar-refractivity contribution in [2.45, 2.75) is 37.6 Å². The summed E-state index contributed by atoms with van der Waals surface area (Å²) in [5.74, 6) is -0.943. The monoisotopic (exact) mass is 496 g/mol. The predicted octanol–water partition coefficient (Wildman–Crippen LogP) is 4.26. The standard InChI is InChI=1S/C27H32N2O5S/c1-35-14-13-24(26(31)32)29-25(30)18-12-6-7-17(18)15-28-27(33)34-16-23-21-10-4-2-8-19(21)20-9-3-5-11-22(20)23/h2-5,8-11,17-18,23-24H,6-7,12-16H2,1H3,(H,28,33)(H,29,30)(H,31,32). The van der Waals surface area contributed by atoms with Gasteiger partial charge in [-0.05, 0) is 59.4 Å². The number of carboxylic acids is 1. The molecule has 1 saturated carbocycles. The molecule has 0 heterocycles. The van der Waals surface area contributed by atoms with Crippen LogP contribution in [0.4, 0.5) is 4.79 Å². The van der Waals surface area contributed by atoms with E-state index in [1.54, 1.807) is 11.8 Å². The van der Waals surface area contributed by atoms with E-state index in [9.17, 15) is 19.5 Å². The summed E-state index contributed by atoms with van der Waals surface area (Å²) in [5.41, 5.74) is 4.66. The second-order valence-electron chi connectivity index (χ2n) is 9.18. The second-order valence-corrected chi connectivity index (χ2v) is 10.2. The molecule has 1 fully saturated rings. The molecule has 0 saturated heterocycles. The van der Waals surface area contributed by atoms with Crippen LogP contribution in [0.15, 0.2) is 48.5 Å². The Morgan fingerprint density at radius 2 is 1.71 bits per heavy atom. The number of carbonyl (C=O) groups is 3. The Labute approximate surface area is 210 Å². The summed E-state index contributed by atoms with van der Waals surface area (Å²) in [6.45, 7) is 0.571. The lowest BCUT2D eigenvalue weighted by molar-refractivity contribution is -0.142. The highest BCUT2D eigenvalue weighted by Gasteiger charge is 2.35. The molecule has 0 radical (unpaired) electrons. The molecule has 3 N–H and O–H groups in total. The Bertz CT molecular complexity index is 1030. The zero-order chi connectivity index (χ0) is 24.8. The highest BCUT2D eigenvalue weighted by Crippen LogP contribution is 2.44. The van der Waals surface area contributed by atoms with Gasteiger partial charge in [0, 0.05) is 18.4 Å². The van der Waals surface area contributed by atoms with E-state index in [2.05, 4.69) is 34.9 Å². The van der Waals surface area contributed by atoms with Crippen LogP contribution in [0.3, 0.4) is 0 Å². The number of rotatable bonds is 10. The van der Waals surface area contributed by atoms with E-state index in [1.807, 2.05) is 30.5 Å². The zero-order valence-corrected chi connectivity index (χ0v) is 20.7. The molecule has 0 bridgehead atoms. The summed E-state index contributed by atoms with van der Waals surface area (Å²) < 4.78 is 5.60. The first kappa shape index (κ1) is 25.1. The molecule has 2 aliphatic carbocycles. The van der Waals surface area contributed by atoms with Gasteiger partial charge in [-0.15, -0.1) is 0 Å². The first-order chi connectivity index (χ1) is 17.0. The number of carbonyl (C=O) groups excluding carboxylic acids is 2. The number of carboxylic acid groups (broad SMARTS) is 1. The number of hydrogen-bond acceptors (Lipinski definition) is 5. The number of aliphatic carboxylic acids is 1. The second kappa shape index (κ2) is 11.6. The molecule has 0 aromatic heterocycles. The van der Waals surface area contributed by atoms with E-state index in [-0.39, 0.29) is 30.3 Å². The molecule has 35 heavy (non-hydrogen) atoms. The van der Waals surface area contributed by atoms with Crippen molar-refractivity contribution in [3.63, 3.8) is 0 Å². The number of thioether (sulfide) groups is 1. The Hall–Kier alpha value is -3.00. The molecule has 0 spiro atoms. The minimum absolute atomic E-state index is 0.00704. The molecule has 3 atom stereocenters. The minimum atomic E-state index is -1.02. The largest absolute Gasteiger partial charge is 0.480 e. The van der Waals surface area contributed by atoms with Crippen LogP contribution in [0.5, 0.6) is 0 Å². The van der Waals surface area contributed by atoms with Crippen molar-refractivity contribution >= 4 is 29.7 Å².